The first-order valence-electron chi connectivity index (χ1n) is 20.7. The first-order valence-corrected chi connectivity index (χ1v) is 20.7. The fourth-order valence-corrected chi connectivity index (χ4v) is 13.5. The molecule has 1 N–H and O–H groups in total. The third-order valence-electron chi connectivity index (χ3n) is 16.6. The summed E-state index contributed by atoms with van der Waals surface area (Å²) in [5.41, 5.74) is 1.92. The van der Waals surface area contributed by atoms with Gasteiger partial charge in [0, 0.05) is 48.5 Å². The molecule has 0 aliphatic heterocycles. The summed E-state index contributed by atoms with van der Waals surface area (Å²) < 4.78 is 13.5. The number of Topliss-reactive ketones (excluding diaryl/α,β-unsaturated/α-hetero) is 1. The number of ketones is 1. The largest absolute Gasteiger partial charge is 0.481 e. The molecule has 55 heavy (non-hydrogen) atoms. The Hall–Kier alpha value is -3.56. The highest BCUT2D eigenvalue weighted by Gasteiger charge is 2.70. The lowest BCUT2D eigenvalue weighted by atomic mass is 9.33. The van der Waals surface area contributed by atoms with E-state index in [4.69, 9.17) is 14.6 Å². The molecule has 0 aromatic carbocycles. The first kappa shape index (κ1) is 39.7. The van der Waals surface area contributed by atoms with Crippen LogP contribution in [0.15, 0.2) is 29.5 Å². The number of hydrogen-bond acceptors (Lipinski definition) is 8. The highest BCUT2D eigenvalue weighted by atomic mass is 16.5. The van der Waals surface area contributed by atoms with Gasteiger partial charge in [-0.25, -0.2) is 4.98 Å². The highest BCUT2D eigenvalue weighted by molar-refractivity contribution is 6.00. The molecule has 0 radical (unpaired) electrons. The number of nitrogens with zero attached hydrogens (tertiary/aromatic N) is 4. The number of allylic oxidation sites excluding steroid dienone is 2. The van der Waals surface area contributed by atoms with Crippen LogP contribution in [0.4, 0.5) is 0 Å². The first-order chi connectivity index (χ1) is 25.6. The molecule has 0 spiro atoms. The van der Waals surface area contributed by atoms with Gasteiger partial charge in [0.25, 0.3) is 0 Å². The predicted octanol–water partition coefficient (Wildman–Crippen LogP) is 8.82. The average molecular weight is 757 g/mol. The molecule has 0 unspecified atom stereocenters. The van der Waals surface area contributed by atoms with Gasteiger partial charge in [-0.15, -0.1) is 10.2 Å². The Kier molecular flexibility index (Phi) is 9.56. The lowest BCUT2D eigenvalue weighted by Crippen LogP contribution is -2.65. The Labute approximate surface area is 327 Å². The third-order valence-corrected chi connectivity index (χ3v) is 16.6. The van der Waals surface area contributed by atoms with Crippen LogP contribution in [-0.2, 0) is 32.6 Å². The number of hydrogen-bond donors (Lipinski definition) is 1. The standard InChI is InChI=1S/C45H64N4O6/c1-26(2)36-29(50)22-45(23-33-47-48-38(49(33)10)27-12-15-34(54-11)46-25-27)21-20-43(8)28(37(36)45)13-14-31-42(7)18-17-32(55-35(51)24-40(3,4)39(52)53)41(5,6)30(42)16-19-44(31,43)9/h12,15,25-26,28,30-32H,13-14,16-24H2,1-11H3,(H,52,53)/t28-,30+,31-,32+,42+,43-,44-,45+/m1/s1. The number of esters is 1. The molecule has 0 bridgehead atoms. The SMILES string of the molecule is COc1ccc(-c2nnc(C[C@@]34CC[C@]5(C)[C@H](CC[C@@H]6[C@@]7(C)CC[C@H](OC(=O)CC(C)(C)C(=O)O)C(C)(C)[C@@H]7CC[C@]65C)C3=C(C(C)C)C(=O)C4)n2C)cn1. The average Bonchev–Trinajstić information content (AvgIpc) is 3.61. The lowest BCUT2D eigenvalue weighted by Gasteiger charge is -2.72. The van der Waals surface area contributed by atoms with Crippen LogP contribution in [0.5, 0.6) is 5.88 Å². The molecule has 300 valence electrons. The Morgan fingerprint density at radius 3 is 2.33 bits per heavy atom. The predicted molar refractivity (Wildman–Crippen MR) is 210 cm³/mol. The maximum atomic E-state index is 14.2. The minimum Gasteiger partial charge on any atom is -0.481 e. The normalized spacial score (nSPS) is 35.5. The van der Waals surface area contributed by atoms with Gasteiger partial charge in [0.2, 0.25) is 5.88 Å². The molecule has 4 fully saturated rings. The number of pyridine rings is 1. The summed E-state index contributed by atoms with van der Waals surface area (Å²) in [7, 11) is 3.64. The topological polar surface area (TPSA) is 134 Å². The second-order valence-corrected chi connectivity index (χ2v) is 20.4. The van der Waals surface area contributed by atoms with E-state index in [0.29, 0.717) is 42.3 Å². The van der Waals surface area contributed by atoms with E-state index in [1.165, 1.54) is 5.57 Å². The van der Waals surface area contributed by atoms with Crippen LogP contribution in [0.25, 0.3) is 11.4 Å². The van der Waals surface area contributed by atoms with Crippen molar-refractivity contribution in [3.8, 4) is 17.3 Å². The summed E-state index contributed by atoms with van der Waals surface area (Å²) >= 11 is 0. The van der Waals surface area contributed by atoms with Crippen molar-refractivity contribution < 1.29 is 29.0 Å². The van der Waals surface area contributed by atoms with Gasteiger partial charge in [-0.3, -0.25) is 14.4 Å². The van der Waals surface area contributed by atoms with Crippen molar-refractivity contribution in [2.45, 2.75) is 139 Å². The molecule has 5 aliphatic rings. The Morgan fingerprint density at radius 1 is 0.964 bits per heavy atom. The number of aliphatic carboxylic acids is 1. The van der Waals surface area contributed by atoms with Crippen molar-refractivity contribution in [2.24, 2.45) is 63.2 Å². The van der Waals surface area contributed by atoms with E-state index in [1.807, 2.05) is 19.2 Å². The molecule has 0 saturated heterocycles. The van der Waals surface area contributed by atoms with Gasteiger partial charge < -0.3 is 19.1 Å². The maximum Gasteiger partial charge on any atom is 0.309 e. The summed E-state index contributed by atoms with van der Waals surface area (Å²) in [6.07, 6.45) is 10.8. The number of methoxy groups -OCH3 is 1. The molecule has 4 saturated carbocycles. The molecule has 8 atom stereocenters. The van der Waals surface area contributed by atoms with Crippen LogP contribution in [0, 0.1) is 56.2 Å². The van der Waals surface area contributed by atoms with Gasteiger partial charge in [0.05, 0.1) is 18.9 Å². The molecular weight excluding hydrogens is 693 g/mol. The zero-order chi connectivity index (χ0) is 40.1. The van der Waals surface area contributed by atoms with E-state index in [1.54, 1.807) is 27.2 Å². The van der Waals surface area contributed by atoms with Crippen LogP contribution in [0.2, 0.25) is 0 Å². The van der Waals surface area contributed by atoms with Gasteiger partial charge in [-0.1, -0.05) is 54.0 Å². The van der Waals surface area contributed by atoms with Crippen LogP contribution >= 0.6 is 0 Å². The van der Waals surface area contributed by atoms with E-state index >= 15 is 0 Å². The van der Waals surface area contributed by atoms with Crippen molar-refractivity contribution in [1.29, 1.82) is 0 Å². The molecule has 10 heteroatoms. The highest BCUT2D eigenvalue weighted by Crippen LogP contribution is 2.77. The third kappa shape index (κ3) is 5.92. The summed E-state index contributed by atoms with van der Waals surface area (Å²) in [5.74, 6) is 2.51. The molecule has 5 aliphatic carbocycles. The number of carboxylic acids is 1. The Morgan fingerprint density at radius 2 is 1.69 bits per heavy atom. The number of aromatic nitrogens is 4. The summed E-state index contributed by atoms with van der Waals surface area (Å²) in [6, 6.07) is 3.80. The van der Waals surface area contributed by atoms with Gasteiger partial charge >= 0.3 is 11.9 Å². The van der Waals surface area contributed by atoms with E-state index in [2.05, 4.69) is 63.1 Å². The second-order valence-electron chi connectivity index (χ2n) is 20.4. The second kappa shape index (κ2) is 13.3. The van der Waals surface area contributed by atoms with E-state index in [-0.39, 0.29) is 45.5 Å². The van der Waals surface area contributed by atoms with Crippen LogP contribution in [0.3, 0.4) is 0 Å². The summed E-state index contributed by atoms with van der Waals surface area (Å²) in [5, 5.41) is 19.0. The van der Waals surface area contributed by atoms with Gasteiger partial charge in [-0.2, -0.15) is 0 Å². The Balaban J connectivity index is 1.18. The van der Waals surface area contributed by atoms with Crippen molar-refractivity contribution in [3.05, 3.63) is 35.3 Å². The van der Waals surface area contributed by atoms with Crippen molar-refractivity contribution in [2.75, 3.05) is 7.11 Å². The monoisotopic (exact) mass is 756 g/mol. The zero-order valence-electron chi connectivity index (χ0n) is 35.2. The van der Waals surface area contributed by atoms with Gasteiger partial charge in [0.1, 0.15) is 11.9 Å². The molecule has 2 heterocycles. The summed E-state index contributed by atoms with van der Waals surface area (Å²) in [4.78, 5) is 43.5. The van der Waals surface area contributed by atoms with Crippen molar-refractivity contribution >= 4 is 17.7 Å². The fraction of sp³-hybridized carbons (Fsp3) is 0.733. The molecular formula is C45H64N4O6. The molecule has 2 aromatic heterocycles. The van der Waals surface area contributed by atoms with E-state index in [9.17, 15) is 19.5 Å². The lowest BCUT2D eigenvalue weighted by molar-refractivity contribution is -0.233. The number of carbonyl (C=O) groups excluding carboxylic acids is 2. The number of fused-ring (bicyclic) bond motifs is 7. The molecule has 7 rings (SSSR count). The fourth-order valence-electron chi connectivity index (χ4n) is 13.5. The molecule has 0 amide bonds. The smallest absolute Gasteiger partial charge is 0.309 e. The van der Waals surface area contributed by atoms with Crippen LogP contribution < -0.4 is 4.74 Å². The van der Waals surface area contributed by atoms with Crippen LogP contribution in [-0.4, -0.2) is 55.8 Å². The van der Waals surface area contributed by atoms with E-state index in [0.717, 1.165) is 74.2 Å². The number of carbonyl (C=O) groups is 3. The quantitative estimate of drug-likeness (QED) is 0.249. The molecule has 2 aromatic rings. The summed E-state index contributed by atoms with van der Waals surface area (Å²) in [6.45, 7) is 19.8. The van der Waals surface area contributed by atoms with Crippen LogP contribution in [0.1, 0.15) is 132 Å². The van der Waals surface area contributed by atoms with Gasteiger partial charge in [0.15, 0.2) is 11.6 Å². The number of rotatable bonds is 9. The minimum atomic E-state index is -1.16. The van der Waals surface area contributed by atoms with E-state index < -0.39 is 17.4 Å². The van der Waals surface area contributed by atoms with Crippen molar-refractivity contribution in [1.82, 2.24) is 19.7 Å². The maximum absolute atomic E-state index is 14.2. The zero-order valence-corrected chi connectivity index (χ0v) is 35.2. The molecule has 10 nitrogen and oxygen atoms in total. The Bertz CT molecular complexity index is 1910. The number of ether oxygens (including phenoxy) is 2. The van der Waals surface area contributed by atoms with Gasteiger partial charge in [-0.05, 0) is 117 Å². The number of carboxylic acid groups (broad SMARTS) is 1. The minimum absolute atomic E-state index is 0.0309. The van der Waals surface area contributed by atoms with Crippen molar-refractivity contribution in [3.63, 3.8) is 0 Å².